The Morgan fingerprint density at radius 2 is 1.14 bits per heavy atom. The van der Waals surface area contributed by atoms with E-state index < -0.39 is 5.97 Å². The highest BCUT2D eigenvalue weighted by atomic mass is 35.5. The van der Waals surface area contributed by atoms with E-state index in [1.165, 1.54) is 63.5 Å². The van der Waals surface area contributed by atoms with Gasteiger partial charge in [0.2, 0.25) is 0 Å². The fourth-order valence-electron chi connectivity index (χ4n) is 6.36. The van der Waals surface area contributed by atoms with Crippen LogP contribution in [0.1, 0.15) is 124 Å². The predicted octanol–water partition coefficient (Wildman–Crippen LogP) is 8.82. The standard InChI is InChI=1S/C19H23ClN2O2.C13H12ClNO3.C6H13N/c1-12-16(9-10-18(12)23)22-17-8-7-13(11-15(17)20)19(24)21-14-5-3-2-4-6-14;1-7-10(4-5-12(7)16)15-11-3-2-8(13(17)18)6-9(11)14;7-6-4-2-1-3-5-6/h7-8,11,14,22H,2-6,9-10H2,1H3,(H,21,24);2-3,6,15H,4-5H2,1H3,(H,17,18);6H,1-5,7H2. The van der Waals surface area contributed by atoms with Gasteiger partial charge in [-0.25, -0.2) is 4.79 Å². The average Bonchev–Trinajstić information content (AvgIpc) is 3.58. The Morgan fingerprint density at radius 3 is 1.53 bits per heavy atom. The summed E-state index contributed by atoms with van der Waals surface area (Å²) in [6.07, 6.45) is 14.8. The second kappa shape index (κ2) is 18.4. The molecule has 0 saturated heterocycles. The molecule has 0 spiro atoms. The van der Waals surface area contributed by atoms with Gasteiger partial charge >= 0.3 is 5.97 Å². The van der Waals surface area contributed by atoms with Crippen LogP contribution in [0.2, 0.25) is 10.0 Å². The lowest BCUT2D eigenvalue weighted by atomic mass is 9.95. The maximum absolute atomic E-state index is 12.4. The van der Waals surface area contributed by atoms with Gasteiger partial charge in [0.15, 0.2) is 11.6 Å². The number of benzene rings is 2. The molecule has 0 heterocycles. The van der Waals surface area contributed by atoms with E-state index in [1.807, 2.05) is 6.92 Å². The fraction of sp³-hybridized carbons (Fsp3) is 0.474. The molecule has 0 radical (unpaired) electrons. The first kappa shape index (κ1) is 38.1. The van der Waals surface area contributed by atoms with Gasteiger partial charge in [0.25, 0.3) is 5.91 Å². The number of anilines is 2. The van der Waals surface area contributed by atoms with Crippen LogP contribution >= 0.6 is 23.2 Å². The number of carboxylic acids is 1. The third kappa shape index (κ3) is 11.2. The van der Waals surface area contributed by atoms with Crippen molar-refractivity contribution in [1.82, 2.24) is 5.32 Å². The molecule has 11 heteroatoms. The number of rotatable bonds is 7. The molecular weight excluding hydrogens is 663 g/mol. The normalized spacial score (nSPS) is 18.4. The van der Waals surface area contributed by atoms with Gasteiger partial charge in [-0.2, -0.15) is 0 Å². The Hall–Kier alpha value is -3.66. The molecule has 0 bridgehead atoms. The lowest BCUT2D eigenvalue weighted by Gasteiger charge is -2.22. The zero-order valence-corrected chi connectivity index (χ0v) is 29.9. The number of allylic oxidation sites excluding steroid dienone is 4. The van der Waals surface area contributed by atoms with Gasteiger partial charge < -0.3 is 26.8 Å². The number of amides is 1. The van der Waals surface area contributed by atoms with Crippen molar-refractivity contribution < 1.29 is 24.3 Å². The Labute approximate surface area is 299 Å². The van der Waals surface area contributed by atoms with Crippen LogP contribution in [0.25, 0.3) is 0 Å². The molecule has 2 aromatic rings. The molecule has 1 amide bonds. The summed E-state index contributed by atoms with van der Waals surface area (Å²) in [7, 11) is 0. The molecule has 2 aromatic carbocycles. The largest absolute Gasteiger partial charge is 0.478 e. The van der Waals surface area contributed by atoms with Crippen LogP contribution in [0.4, 0.5) is 11.4 Å². The minimum Gasteiger partial charge on any atom is -0.478 e. The van der Waals surface area contributed by atoms with Crippen LogP contribution in [0.15, 0.2) is 58.9 Å². The van der Waals surface area contributed by atoms with Crippen molar-refractivity contribution in [1.29, 1.82) is 0 Å². The Bertz CT molecular complexity index is 1610. The number of nitrogens with two attached hydrogens (primary N) is 1. The van der Waals surface area contributed by atoms with Crippen LogP contribution in [-0.4, -0.2) is 40.6 Å². The number of carbonyl (C=O) groups excluding carboxylic acids is 3. The lowest BCUT2D eigenvalue weighted by molar-refractivity contribution is -0.115. The third-order valence-corrected chi connectivity index (χ3v) is 10.2. The average molecular weight is 712 g/mol. The number of hydrogen-bond donors (Lipinski definition) is 5. The second-order valence-electron chi connectivity index (χ2n) is 13.2. The molecule has 0 aromatic heterocycles. The number of halogens is 2. The second-order valence-corrected chi connectivity index (χ2v) is 14.0. The Morgan fingerprint density at radius 1 is 0.694 bits per heavy atom. The molecule has 4 aliphatic rings. The minimum absolute atomic E-state index is 0.0678. The summed E-state index contributed by atoms with van der Waals surface area (Å²) in [6, 6.07) is 10.6. The molecule has 0 atom stereocenters. The molecule has 9 nitrogen and oxygen atoms in total. The molecule has 264 valence electrons. The molecule has 49 heavy (non-hydrogen) atoms. The van der Waals surface area contributed by atoms with E-state index in [0.29, 0.717) is 58.6 Å². The number of hydrogen-bond acceptors (Lipinski definition) is 7. The highest BCUT2D eigenvalue weighted by Gasteiger charge is 2.22. The number of aromatic carboxylic acids is 1. The van der Waals surface area contributed by atoms with E-state index in [0.717, 1.165) is 35.5 Å². The van der Waals surface area contributed by atoms with E-state index in [4.69, 9.17) is 34.0 Å². The van der Waals surface area contributed by atoms with Crippen molar-refractivity contribution in [2.45, 2.75) is 116 Å². The molecule has 6 rings (SSSR count). The van der Waals surface area contributed by atoms with Gasteiger partial charge in [0, 0.05) is 53.0 Å². The van der Waals surface area contributed by atoms with Gasteiger partial charge in [-0.3, -0.25) is 14.4 Å². The molecule has 6 N–H and O–H groups in total. The third-order valence-electron chi connectivity index (χ3n) is 9.55. The van der Waals surface area contributed by atoms with Crippen molar-refractivity contribution >= 4 is 58.0 Å². The summed E-state index contributed by atoms with van der Waals surface area (Å²) in [4.78, 5) is 46.1. The van der Waals surface area contributed by atoms with Gasteiger partial charge in [0.1, 0.15) is 0 Å². The minimum atomic E-state index is -1.02. The monoisotopic (exact) mass is 710 g/mol. The van der Waals surface area contributed by atoms with E-state index in [1.54, 1.807) is 31.2 Å². The molecule has 2 saturated carbocycles. The van der Waals surface area contributed by atoms with E-state index in [2.05, 4.69) is 16.0 Å². The van der Waals surface area contributed by atoms with Crippen molar-refractivity contribution in [2.24, 2.45) is 5.73 Å². The van der Waals surface area contributed by atoms with Crippen LogP contribution < -0.4 is 21.7 Å². The summed E-state index contributed by atoms with van der Waals surface area (Å²) in [5, 5.41) is 19.1. The van der Waals surface area contributed by atoms with E-state index in [9.17, 15) is 19.2 Å². The SMILES string of the molecule is CC1=C(Nc2ccc(C(=O)NC3CCCCC3)cc2Cl)CCC1=O.CC1=C(Nc2ccc(C(=O)O)cc2Cl)CCC1=O.NC1CCCCC1. The Kier molecular flexibility index (Phi) is 14.3. The predicted molar refractivity (Wildman–Crippen MR) is 196 cm³/mol. The molecule has 4 aliphatic carbocycles. The smallest absolute Gasteiger partial charge is 0.335 e. The van der Waals surface area contributed by atoms with Gasteiger partial charge in [0.05, 0.1) is 27.0 Å². The van der Waals surface area contributed by atoms with Crippen molar-refractivity contribution in [3.8, 4) is 0 Å². The quantitative estimate of drug-likeness (QED) is 0.191. The van der Waals surface area contributed by atoms with Crippen LogP contribution in [0, 0.1) is 0 Å². The van der Waals surface area contributed by atoms with Gasteiger partial charge in [-0.1, -0.05) is 61.7 Å². The highest BCUT2D eigenvalue weighted by Crippen LogP contribution is 2.31. The summed E-state index contributed by atoms with van der Waals surface area (Å²) in [5.41, 5.74) is 10.9. The Balaban J connectivity index is 0.000000189. The molecule has 0 unspecified atom stereocenters. The fourth-order valence-corrected chi connectivity index (χ4v) is 6.81. The topological polar surface area (TPSA) is 151 Å². The van der Waals surface area contributed by atoms with Crippen LogP contribution in [-0.2, 0) is 9.59 Å². The maximum Gasteiger partial charge on any atom is 0.335 e. The molecule has 2 fully saturated rings. The number of carbonyl (C=O) groups is 4. The van der Waals surface area contributed by atoms with Crippen molar-refractivity contribution in [3.63, 3.8) is 0 Å². The molecule has 0 aliphatic heterocycles. The van der Waals surface area contributed by atoms with Crippen LogP contribution in [0.5, 0.6) is 0 Å². The summed E-state index contributed by atoms with van der Waals surface area (Å²) < 4.78 is 0. The first-order valence-electron chi connectivity index (χ1n) is 17.3. The van der Waals surface area contributed by atoms with E-state index in [-0.39, 0.29) is 29.1 Å². The zero-order chi connectivity index (χ0) is 35.5. The first-order chi connectivity index (χ1) is 23.4. The first-order valence-corrected chi connectivity index (χ1v) is 18.1. The van der Waals surface area contributed by atoms with Crippen molar-refractivity contribution in [3.05, 3.63) is 80.1 Å². The number of Topliss-reactive ketones (excluding diaryl/α,β-unsaturated/α-hetero) is 2. The van der Waals surface area contributed by atoms with Crippen LogP contribution in [0.3, 0.4) is 0 Å². The van der Waals surface area contributed by atoms with Gasteiger partial charge in [-0.05, 0) is 88.8 Å². The molecular formula is C38H48Cl2N4O5. The highest BCUT2D eigenvalue weighted by molar-refractivity contribution is 6.34. The van der Waals surface area contributed by atoms with E-state index >= 15 is 0 Å². The maximum atomic E-state index is 12.4. The van der Waals surface area contributed by atoms with Crippen molar-refractivity contribution in [2.75, 3.05) is 10.6 Å². The summed E-state index contributed by atoms with van der Waals surface area (Å²) in [5.74, 6) is -0.774. The summed E-state index contributed by atoms with van der Waals surface area (Å²) in [6.45, 7) is 3.61. The number of carboxylic acid groups (broad SMARTS) is 1. The lowest BCUT2D eigenvalue weighted by Crippen LogP contribution is -2.36. The summed E-state index contributed by atoms with van der Waals surface area (Å²) >= 11 is 12.3. The van der Waals surface area contributed by atoms with Gasteiger partial charge in [-0.15, -0.1) is 0 Å². The number of ketones is 2. The zero-order valence-electron chi connectivity index (χ0n) is 28.4. The number of nitrogens with one attached hydrogen (secondary N) is 3.